The average Bonchev–Trinajstić information content (AvgIpc) is 2.35. The number of phenolic OH excluding ortho intramolecular Hbond substituents is 1. The Hall–Kier alpha value is -1.34. The summed E-state index contributed by atoms with van der Waals surface area (Å²) < 4.78 is 52.9. The predicted molar refractivity (Wildman–Crippen MR) is 61.3 cm³/mol. The van der Waals surface area contributed by atoms with Crippen LogP contribution in [-0.4, -0.2) is 42.4 Å². The Morgan fingerprint density at radius 3 is 2.42 bits per heavy atom. The first-order valence-corrected chi connectivity index (χ1v) is 5.90. The van der Waals surface area contributed by atoms with E-state index in [9.17, 15) is 22.7 Å². The number of phenols is 1. The molecule has 1 atom stereocenters. The van der Waals surface area contributed by atoms with Crippen LogP contribution in [0.1, 0.15) is 11.6 Å². The molecule has 1 aromatic rings. The number of alkyl halides is 3. The zero-order valence-corrected chi connectivity index (χ0v) is 10.0. The fourth-order valence-corrected chi connectivity index (χ4v) is 2.27. The second-order valence-electron chi connectivity index (χ2n) is 4.41. The third-order valence-electron chi connectivity index (χ3n) is 3.14. The first kappa shape index (κ1) is 14.1. The van der Waals surface area contributed by atoms with Crippen LogP contribution in [0.25, 0.3) is 0 Å². The zero-order chi connectivity index (χ0) is 14.0. The Morgan fingerprint density at radius 1 is 1.21 bits per heavy atom. The van der Waals surface area contributed by atoms with Crippen LogP contribution >= 0.6 is 0 Å². The van der Waals surface area contributed by atoms with Crippen LogP contribution in [0.5, 0.6) is 5.75 Å². The van der Waals surface area contributed by atoms with Crippen LogP contribution in [0.4, 0.5) is 17.6 Å². The standard InChI is InChI=1S/C12H14F4N2O/c13-9-3-1-2-8(10(9)19)11(12(14,15)16)18-6-4-17-5-7-18/h1-3,11,17,19H,4-7H2/t11-/m1/s1. The van der Waals surface area contributed by atoms with E-state index in [1.165, 1.54) is 11.0 Å². The van der Waals surface area contributed by atoms with Crippen molar-refractivity contribution < 1.29 is 22.7 Å². The Bertz CT molecular complexity index is 444. The summed E-state index contributed by atoms with van der Waals surface area (Å²) in [6.07, 6.45) is -4.57. The molecule has 7 heteroatoms. The third kappa shape index (κ3) is 2.98. The van der Waals surface area contributed by atoms with Crippen LogP contribution in [0.3, 0.4) is 0 Å². The summed E-state index contributed by atoms with van der Waals surface area (Å²) in [5.41, 5.74) is -0.436. The van der Waals surface area contributed by atoms with Gasteiger partial charge >= 0.3 is 6.18 Å². The molecular formula is C12H14F4N2O. The first-order chi connectivity index (χ1) is 8.91. The highest BCUT2D eigenvalue weighted by Crippen LogP contribution is 2.41. The summed E-state index contributed by atoms with van der Waals surface area (Å²) in [4.78, 5) is 1.20. The summed E-state index contributed by atoms with van der Waals surface area (Å²) in [7, 11) is 0. The summed E-state index contributed by atoms with van der Waals surface area (Å²) >= 11 is 0. The van der Waals surface area contributed by atoms with Gasteiger partial charge < -0.3 is 10.4 Å². The van der Waals surface area contributed by atoms with E-state index in [0.717, 1.165) is 12.1 Å². The molecule has 0 amide bonds. The smallest absolute Gasteiger partial charge is 0.408 e. The van der Waals surface area contributed by atoms with Crippen molar-refractivity contribution in [1.82, 2.24) is 10.2 Å². The maximum Gasteiger partial charge on any atom is 0.408 e. The van der Waals surface area contributed by atoms with Crippen LogP contribution in [-0.2, 0) is 0 Å². The minimum absolute atomic E-state index is 0.195. The minimum Gasteiger partial charge on any atom is -0.505 e. The van der Waals surface area contributed by atoms with Gasteiger partial charge in [-0.2, -0.15) is 13.2 Å². The lowest BCUT2D eigenvalue weighted by Crippen LogP contribution is -2.49. The SMILES string of the molecule is Oc1c(F)cccc1[C@@H](N1CCNCC1)C(F)(F)F. The van der Waals surface area contributed by atoms with Gasteiger partial charge in [0.25, 0.3) is 0 Å². The summed E-state index contributed by atoms with van der Waals surface area (Å²) in [6.45, 7) is 1.26. The van der Waals surface area contributed by atoms with Gasteiger partial charge in [0.2, 0.25) is 0 Å². The number of para-hydroxylation sites is 1. The molecule has 1 aromatic carbocycles. The van der Waals surface area contributed by atoms with Crippen LogP contribution in [0.2, 0.25) is 0 Å². The number of rotatable bonds is 2. The highest BCUT2D eigenvalue weighted by molar-refractivity contribution is 5.37. The number of nitrogens with zero attached hydrogens (tertiary/aromatic N) is 1. The number of hydrogen-bond donors (Lipinski definition) is 2. The second-order valence-corrected chi connectivity index (χ2v) is 4.41. The van der Waals surface area contributed by atoms with E-state index in [4.69, 9.17) is 0 Å². The zero-order valence-electron chi connectivity index (χ0n) is 10.0. The quantitative estimate of drug-likeness (QED) is 0.813. The molecule has 0 saturated carbocycles. The van der Waals surface area contributed by atoms with Crippen molar-refractivity contribution in [1.29, 1.82) is 0 Å². The monoisotopic (exact) mass is 278 g/mol. The van der Waals surface area contributed by atoms with Gasteiger partial charge in [0.15, 0.2) is 11.6 Å². The number of hydrogen-bond acceptors (Lipinski definition) is 3. The van der Waals surface area contributed by atoms with Crippen molar-refractivity contribution in [3.8, 4) is 5.75 Å². The lowest BCUT2D eigenvalue weighted by Gasteiger charge is -2.36. The number of aromatic hydroxyl groups is 1. The summed E-state index contributed by atoms with van der Waals surface area (Å²) in [5, 5.41) is 12.5. The van der Waals surface area contributed by atoms with Gasteiger partial charge in [-0.25, -0.2) is 4.39 Å². The molecule has 106 valence electrons. The van der Waals surface area contributed by atoms with Crippen molar-refractivity contribution in [3.05, 3.63) is 29.6 Å². The molecule has 0 aromatic heterocycles. The Balaban J connectivity index is 2.40. The second kappa shape index (κ2) is 5.34. The van der Waals surface area contributed by atoms with Crippen molar-refractivity contribution in [2.45, 2.75) is 12.2 Å². The molecule has 0 bridgehead atoms. The number of halogens is 4. The molecule has 0 spiro atoms. The largest absolute Gasteiger partial charge is 0.505 e. The van der Waals surface area contributed by atoms with Gasteiger partial charge in [-0.1, -0.05) is 12.1 Å². The summed E-state index contributed by atoms with van der Waals surface area (Å²) in [6, 6.07) is 1.24. The fourth-order valence-electron chi connectivity index (χ4n) is 2.27. The van der Waals surface area contributed by atoms with E-state index in [1.807, 2.05) is 0 Å². The van der Waals surface area contributed by atoms with Gasteiger partial charge in [0.05, 0.1) is 0 Å². The minimum atomic E-state index is -4.57. The van der Waals surface area contributed by atoms with Crippen LogP contribution in [0, 0.1) is 5.82 Å². The highest BCUT2D eigenvalue weighted by atomic mass is 19.4. The lowest BCUT2D eigenvalue weighted by atomic mass is 10.0. The van der Waals surface area contributed by atoms with Crippen molar-refractivity contribution in [2.24, 2.45) is 0 Å². The maximum atomic E-state index is 13.2. The molecule has 0 unspecified atom stereocenters. The van der Waals surface area contributed by atoms with Crippen LogP contribution in [0.15, 0.2) is 18.2 Å². The van der Waals surface area contributed by atoms with Gasteiger partial charge in [-0.3, -0.25) is 4.90 Å². The first-order valence-electron chi connectivity index (χ1n) is 5.90. The van der Waals surface area contributed by atoms with Crippen LogP contribution < -0.4 is 5.32 Å². The Kier molecular flexibility index (Phi) is 3.96. The Labute approximate surface area is 107 Å². The fraction of sp³-hybridized carbons (Fsp3) is 0.500. The van der Waals surface area contributed by atoms with E-state index >= 15 is 0 Å². The van der Waals surface area contributed by atoms with E-state index in [2.05, 4.69) is 5.32 Å². The van der Waals surface area contributed by atoms with Gasteiger partial charge in [0.1, 0.15) is 6.04 Å². The van der Waals surface area contributed by atoms with Crippen molar-refractivity contribution in [3.63, 3.8) is 0 Å². The Morgan fingerprint density at radius 2 is 1.84 bits per heavy atom. The van der Waals surface area contributed by atoms with E-state index in [1.54, 1.807) is 0 Å². The number of benzene rings is 1. The molecule has 2 N–H and O–H groups in total. The molecule has 1 aliphatic heterocycles. The maximum absolute atomic E-state index is 13.2. The van der Waals surface area contributed by atoms with E-state index in [0.29, 0.717) is 13.1 Å². The number of nitrogens with one attached hydrogen (secondary N) is 1. The van der Waals surface area contributed by atoms with Crippen molar-refractivity contribution in [2.75, 3.05) is 26.2 Å². The molecule has 1 heterocycles. The average molecular weight is 278 g/mol. The van der Waals surface area contributed by atoms with Gasteiger partial charge in [-0.15, -0.1) is 0 Å². The summed E-state index contributed by atoms with van der Waals surface area (Å²) in [5.74, 6) is -1.97. The molecule has 1 fully saturated rings. The molecule has 19 heavy (non-hydrogen) atoms. The number of piperazine rings is 1. The molecular weight excluding hydrogens is 264 g/mol. The van der Waals surface area contributed by atoms with E-state index < -0.39 is 29.3 Å². The van der Waals surface area contributed by atoms with Gasteiger partial charge in [-0.05, 0) is 6.07 Å². The van der Waals surface area contributed by atoms with E-state index in [-0.39, 0.29) is 13.1 Å². The normalized spacial score (nSPS) is 19.4. The molecule has 2 rings (SSSR count). The third-order valence-corrected chi connectivity index (χ3v) is 3.14. The predicted octanol–water partition coefficient (Wildman–Crippen LogP) is 2.04. The molecule has 0 radical (unpaired) electrons. The molecule has 1 aliphatic rings. The molecule has 3 nitrogen and oxygen atoms in total. The highest BCUT2D eigenvalue weighted by Gasteiger charge is 2.46. The lowest BCUT2D eigenvalue weighted by molar-refractivity contribution is -0.188. The topological polar surface area (TPSA) is 35.5 Å². The van der Waals surface area contributed by atoms with Crippen molar-refractivity contribution >= 4 is 0 Å². The van der Waals surface area contributed by atoms with Gasteiger partial charge in [0, 0.05) is 31.7 Å². The molecule has 0 aliphatic carbocycles. The molecule has 1 saturated heterocycles.